The Hall–Kier alpha value is -2.43. The molecule has 1 amide bonds. The number of piperidine rings is 1. The van der Waals surface area contributed by atoms with E-state index >= 15 is 0 Å². The summed E-state index contributed by atoms with van der Waals surface area (Å²) in [6.07, 6.45) is 3.62. The number of hydrogen-bond acceptors (Lipinski definition) is 4. The lowest BCUT2D eigenvalue weighted by molar-refractivity contribution is 0.0988. The molecule has 0 unspecified atom stereocenters. The van der Waals surface area contributed by atoms with Gasteiger partial charge in [0.15, 0.2) is 0 Å². The normalized spacial score (nSPS) is 14.6. The molecule has 0 radical (unpaired) electrons. The average molecular weight is 310 g/mol. The quantitative estimate of drug-likeness (QED) is 0.874. The summed E-state index contributed by atoms with van der Waals surface area (Å²) in [5.41, 5.74) is 1.30. The zero-order valence-electron chi connectivity index (χ0n) is 13.7. The Kier molecular flexibility index (Phi) is 4.55. The molecule has 5 nitrogen and oxygen atoms in total. The second kappa shape index (κ2) is 6.77. The van der Waals surface area contributed by atoms with Gasteiger partial charge in [0.05, 0.1) is 0 Å². The van der Waals surface area contributed by atoms with E-state index in [0.717, 1.165) is 24.6 Å². The summed E-state index contributed by atoms with van der Waals surface area (Å²) >= 11 is 0. The van der Waals surface area contributed by atoms with Gasteiger partial charge in [-0.25, -0.2) is 9.97 Å². The number of carbonyl (C=O) groups is 1. The van der Waals surface area contributed by atoms with E-state index in [2.05, 4.69) is 14.9 Å². The fourth-order valence-corrected chi connectivity index (χ4v) is 2.89. The minimum atomic E-state index is -0.111. The molecular formula is C18H22N4O. The molecule has 0 N–H and O–H groups in total. The molecule has 23 heavy (non-hydrogen) atoms. The van der Waals surface area contributed by atoms with E-state index in [4.69, 9.17) is 0 Å². The van der Waals surface area contributed by atoms with Gasteiger partial charge in [-0.05, 0) is 38.3 Å². The van der Waals surface area contributed by atoms with E-state index in [1.807, 2.05) is 43.3 Å². The number of amides is 1. The third-order valence-electron chi connectivity index (χ3n) is 4.17. The first-order chi connectivity index (χ1) is 11.1. The van der Waals surface area contributed by atoms with Crippen molar-refractivity contribution in [3.05, 3.63) is 47.9 Å². The number of rotatable bonds is 3. The topological polar surface area (TPSA) is 49.3 Å². The maximum absolute atomic E-state index is 12.7. The first-order valence-corrected chi connectivity index (χ1v) is 8.09. The van der Waals surface area contributed by atoms with E-state index in [9.17, 15) is 4.79 Å². The number of aryl methyl sites for hydroxylation is 1. The Morgan fingerprint density at radius 2 is 1.78 bits per heavy atom. The Bertz CT molecular complexity index is 681. The van der Waals surface area contributed by atoms with Crippen LogP contribution in [0.15, 0.2) is 36.4 Å². The second-order valence-electron chi connectivity index (χ2n) is 5.91. The summed E-state index contributed by atoms with van der Waals surface area (Å²) in [6.45, 7) is 3.84. The predicted octanol–water partition coefficient (Wildman–Crippen LogP) is 3.05. The van der Waals surface area contributed by atoms with Gasteiger partial charge in [-0.3, -0.25) is 4.79 Å². The maximum Gasteiger partial charge on any atom is 0.276 e. The second-order valence-corrected chi connectivity index (χ2v) is 5.91. The first-order valence-electron chi connectivity index (χ1n) is 8.09. The highest BCUT2D eigenvalue weighted by molar-refractivity contribution is 6.04. The van der Waals surface area contributed by atoms with Crippen LogP contribution in [0, 0.1) is 6.92 Å². The van der Waals surface area contributed by atoms with E-state index in [0.29, 0.717) is 11.5 Å². The number of benzene rings is 1. The van der Waals surface area contributed by atoms with E-state index in [1.54, 1.807) is 11.9 Å². The lowest BCUT2D eigenvalue weighted by Gasteiger charge is -2.28. The van der Waals surface area contributed by atoms with Crippen LogP contribution in [0.3, 0.4) is 0 Å². The standard InChI is InChI=1S/C18H22N4O/c1-14-19-16(13-17(20-14)22-11-7-4-8-12-22)18(23)21(2)15-9-5-3-6-10-15/h3,5-6,9-10,13H,4,7-8,11-12H2,1-2H3. The minimum Gasteiger partial charge on any atom is -0.356 e. The zero-order valence-corrected chi connectivity index (χ0v) is 13.7. The van der Waals surface area contributed by atoms with Crippen LogP contribution in [0.5, 0.6) is 0 Å². The van der Waals surface area contributed by atoms with Gasteiger partial charge in [0.25, 0.3) is 5.91 Å². The molecule has 1 fully saturated rings. The molecule has 3 rings (SSSR count). The number of para-hydroxylation sites is 1. The Labute approximate surface area is 137 Å². The van der Waals surface area contributed by atoms with Crippen molar-refractivity contribution in [2.24, 2.45) is 0 Å². The summed E-state index contributed by atoms with van der Waals surface area (Å²) < 4.78 is 0. The van der Waals surface area contributed by atoms with Crippen molar-refractivity contribution in [2.75, 3.05) is 29.9 Å². The van der Waals surface area contributed by atoms with Gasteiger partial charge in [0, 0.05) is 31.9 Å². The number of hydrogen-bond donors (Lipinski definition) is 0. The van der Waals surface area contributed by atoms with Gasteiger partial charge >= 0.3 is 0 Å². The third-order valence-corrected chi connectivity index (χ3v) is 4.17. The number of carbonyl (C=O) groups excluding carboxylic acids is 1. The highest BCUT2D eigenvalue weighted by Crippen LogP contribution is 2.20. The summed E-state index contributed by atoms with van der Waals surface area (Å²) in [6, 6.07) is 11.4. The van der Waals surface area contributed by atoms with Gasteiger partial charge < -0.3 is 9.80 Å². The molecule has 0 atom stereocenters. The molecule has 1 aliphatic rings. The largest absolute Gasteiger partial charge is 0.356 e. The molecule has 0 saturated carbocycles. The molecule has 0 spiro atoms. The van der Waals surface area contributed by atoms with Crippen LogP contribution >= 0.6 is 0 Å². The van der Waals surface area contributed by atoms with Gasteiger partial charge in [0.2, 0.25) is 0 Å². The van der Waals surface area contributed by atoms with E-state index in [1.165, 1.54) is 19.3 Å². The lowest BCUT2D eigenvalue weighted by atomic mass is 10.1. The SMILES string of the molecule is Cc1nc(C(=O)N(C)c2ccccc2)cc(N2CCCCC2)n1. The number of nitrogens with zero attached hydrogens (tertiary/aromatic N) is 4. The smallest absolute Gasteiger partial charge is 0.276 e. The van der Waals surface area contributed by atoms with Gasteiger partial charge in [0.1, 0.15) is 17.3 Å². The molecule has 2 aromatic rings. The molecule has 1 aliphatic heterocycles. The van der Waals surface area contributed by atoms with Crippen LogP contribution in [-0.4, -0.2) is 36.0 Å². The van der Waals surface area contributed by atoms with Crippen LogP contribution in [0.25, 0.3) is 0 Å². The summed E-state index contributed by atoms with van der Waals surface area (Å²) in [5, 5.41) is 0. The molecule has 0 aliphatic carbocycles. The van der Waals surface area contributed by atoms with Crippen LogP contribution in [-0.2, 0) is 0 Å². The molecule has 0 bridgehead atoms. The number of aromatic nitrogens is 2. The molecule has 1 saturated heterocycles. The Morgan fingerprint density at radius 1 is 1.09 bits per heavy atom. The number of anilines is 2. The van der Waals surface area contributed by atoms with Gasteiger partial charge in [-0.15, -0.1) is 0 Å². The average Bonchev–Trinajstić information content (AvgIpc) is 2.61. The van der Waals surface area contributed by atoms with Crippen molar-refractivity contribution in [1.29, 1.82) is 0 Å². The molecule has 1 aromatic heterocycles. The van der Waals surface area contributed by atoms with Gasteiger partial charge in [-0.2, -0.15) is 0 Å². The van der Waals surface area contributed by atoms with E-state index in [-0.39, 0.29) is 5.91 Å². The Morgan fingerprint density at radius 3 is 2.48 bits per heavy atom. The van der Waals surface area contributed by atoms with Crippen LogP contribution < -0.4 is 9.80 Å². The fourth-order valence-electron chi connectivity index (χ4n) is 2.89. The lowest BCUT2D eigenvalue weighted by Crippen LogP contribution is -2.32. The molecular weight excluding hydrogens is 288 g/mol. The minimum absolute atomic E-state index is 0.111. The zero-order chi connectivity index (χ0) is 16.2. The van der Waals surface area contributed by atoms with Crippen molar-refractivity contribution in [3.63, 3.8) is 0 Å². The summed E-state index contributed by atoms with van der Waals surface area (Å²) in [4.78, 5) is 25.5. The first kappa shape index (κ1) is 15.5. The highest BCUT2D eigenvalue weighted by Gasteiger charge is 2.19. The van der Waals surface area contributed by atoms with E-state index < -0.39 is 0 Å². The van der Waals surface area contributed by atoms with Gasteiger partial charge in [-0.1, -0.05) is 18.2 Å². The van der Waals surface area contributed by atoms with Crippen molar-refractivity contribution >= 4 is 17.4 Å². The highest BCUT2D eigenvalue weighted by atomic mass is 16.2. The Balaban J connectivity index is 1.87. The van der Waals surface area contributed by atoms with Crippen molar-refractivity contribution in [2.45, 2.75) is 26.2 Å². The third kappa shape index (κ3) is 3.50. The summed E-state index contributed by atoms with van der Waals surface area (Å²) in [5.74, 6) is 1.39. The molecule has 120 valence electrons. The molecule has 1 aromatic carbocycles. The molecule has 2 heterocycles. The van der Waals surface area contributed by atoms with Crippen LogP contribution in [0.2, 0.25) is 0 Å². The predicted molar refractivity (Wildman–Crippen MR) is 92.0 cm³/mol. The van der Waals surface area contributed by atoms with Crippen molar-refractivity contribution in [1.82, 2.24) is 9.97 Å². The van der Waals surface area contributed by atoms with Crippen molar-refractivity contribution in [3.8, 4) is 0 Å². The van der Waals surface area contributed by atoms with Crippen LogP contribution in [0.4, 0.5) is 11.5 Å². The maximum atomic E-state index is 12.7. The summed E-state index contributed by atoms with van der Waals surface area (Å²) in [7, 11) is 1.77. The van der Waals surface area contributed by atoms with Crippen LogP contribution in [0.1, 0.15) is 35.6 Å². The molecule has 5 heteroatoms. The monoisotopic (exact) mass is 310 g/mol. The fraction of sp³-hybridized carbons (Fsp3) is 0.389. The van der Waals surface area contributed by atoms with Crippen molar-refractivity contribution < 1.29 is 4.79 Å².